The molecule has 3 aromatic rings. The molecular formula is C18H13Br2NO5. The van der Waals surface area contributed by atoms with Crippen LogP contribution in [0, 0.1) is 0 Å². The third-order valence-electron chi connectivity index (χ3n) is 3.66. The van der Waals surface area contributed by atoms with Crippen molar-refractivity contribution in [3.05, 3.63) is 61.3 Å². The van der Waals surface area contributed by atoms with E-state index in [9.17, 15) is 9.59 Å². The van der Waals surface area contributed by atoms with Gasteiger partial charge in [0.2, 0.25) is 0 Å². The molecular weight excluding hydrogens is 470 g/mol. The molecule has 0 saturated heterocycles. The summed E-state index contributed by atoms with van der Waals surface area (Å²) in [5.41, 5.74) is -0.0659. The topological polar surface area (TPSA) is 77.8 Å². The number of carbonyl (C=O) groups is 1. The summed E-state index contributed by atoms with van der Waals surface area (Å²) in [6.45, 7) is 0. The van der Waals surface area contributed by atoms with Crippen molar-refractivity contribution in [2.24, 2.45) is 0 Å². The highest BCUT2D eigenvalue weighted by atomic mass is 79.9. The Balaban J connectivity index is 2.02. The van der Waals surface area contributed by atoms with Crippen molar-refractivity contribution in [3.63, 3.8) is 0 Å². The molecule has 0 aliphatic rings. The van der Waals surface area contributed by atoms with Gasteiger partial charge in [0.25, 0.3) is 5.91 Å². The summed E-state index contributed by atoms with van der Waals surface area (Å²) >= 11 is 6.70. The van der Waals surface area contributed by atoms with E-state index in [1.54, 1.807) is 30.3 Å². The van der Waals surface area contributed by atoms with Crippen LogP contribution in [0.25, 0.3) is 11.0 Å². The average Bonchev–Trinajstić information content (AvgIpc) is 2.62. The molecule has 0 bridgehead atoms. The molecule has 1 N–H and O–H groups in total. The Bertz CT molecular complexity index is 1060. The number of ether oxygens (including phenoxy) is 2. The van der Waals surface area contributed by atoms with Gasteiger partial charge in [0.15, 0.2) is 0 Å². The molecule has 134 valence electrons. The zero-order valence-electron chi connectivity index (χ0n) is 13.8. The number of hydrogen-bond acceptors (Lipinski definition) is 5. The normalized spacial score (nSPS) is 10.6. The summed E-state index contributed by atoms with van der Waals surface area (Å²) in [7, 11) is 2.99. The molecule has 6 nitrogen and oxygen atoms in total. The predicted octanol–water partition coefficient (Wildman–Crippen LogP) is 4.59. The fourth-order valence-electron chi connectivity index (χ4n) is 2.40. The Morgan fingerprint density at radius 2 is 1.77 bits per heavy atom. The number of carbonyl (C=O) groups excluding carboxylic acids is 1. The van der Waals surface area contributed by atoms with Crippen LogP contribution in [0.3, 0.4) is 0 Å². The van der Waals surface area contributed by atoms with Gasteiger partial charge in [0.05, 0.1) is 24.4 Å². The first-order valence-electron chi connectivity index (χ1n) is 7.39. The molecule has 8 heteroatoms. The van der Waals surface area contributed by atoms with Crippen molar-refractivity contribution in [2.45, 2.75) is 0 Å². The van der Waals surface area contributed by atoms with E-state index < -0.39 is 11.5 Å². The van der Waals surface area contributed by atoms with E-state index in [1.807, 2.05) is 0 Å². The highest BCUT2D eigenvalue weighted by Gasteiger charge is 2.17. The van der Waals surface area contributed by atoms with Gasteiger partial charge in [-0.2, -0.15) is 0 Å². The summed E-state index contributed by atoms with van der Waals surface area (Å²) in [5, 5.41) is 3.29. The Morgan fingerprint density at radius 3 is 2.46 bits per heavy atom. The first-order valence-corrected chi connectivity index (χ1v) is 8.98. The predicted molar refractivity (Wildman–Crippen MR) is 105 cm³/mol. The maximum atomic E-state index is 12.6. The number of amides is 1. The third kappa shape index (κ3) is 3.61. The number of halogens is 2. The maximum absolute atomic E-state index is 12.6. The van der Waals surface area contributed by atoms with E-state index in [1.165, 1.54) is 20.3 Å². The van der Waals surface area contributed by atoms with Crippen molar-refractivity contribution in [3.8, 4) is 11.5 Å². The molecule has 0 aliphatic heterocycles. The van der Waals surface area contributed by atoms with Crippen LogP contribution in [-0.2, 0) is 0 Å². The molecule has 0 aliphatic carbocycles. The minimum atomic E-state index is -0.722. The highest BCUT2D eigenvalue weighted by molar-refractivity contribution is 9.10. The second kappa shape index (κ2) is 7.51. The van der Waals surface area contributed by atoms with E-state index >= 15 is 0 Å². The zero-order valence-corrected chi connectivity index (χ0v) is 16.9. The van der Waals surface area contributed by atoms with Crippen LogP contribution in [0.2, 0.25) is 0 Å². The Kier molecular flexibility index (Phi) is 5.33. The lowest BCUT2D eigenvalue weighted by molar-refractivity contribution is 0.102. The van der Waals surface area contributed by atoms with E-state index in [0.717, 1.165) is 4.47 Å². The molecule has 1 aromatic heterocycles. The van der Waals surface area contributed by atoms with Gasteiger partial charge in [-0.1, -0.05) is 15.9 Å². The van der Waals surface area contributed by atoms with Crippen molar-refractivity contribution in [1.29, 1.82) is 0 Å². The number of fused-ring (bicyclic) bond motifs is 1. The van der Waals surface area contributed by atoms with Gasteiger partial charge >= 0.3 is 5.63 Å². The largest absolute Gasteiger partial charge is 0.495 e. The number of anilines is 1. The fraction of sp³-hybridized carbons (Fsp3) is 0.111. The molecule has 1 heterocycles. The fourth-order valence-corrected chi connectivity index (χ4v) is 3.26. The lowest BCUT2D eigenvalue weighted by atomic mass is 10.1. The molecule has 2 aromatic carbocycles. The summed E-state index contributed by atoms with van der Waals surface area (Å²) in [4.78, 5) is 24.8. The second-order valence-electron chi connectivity index (χ2n) is 5.27. The first-order chi connectivity index (χ1) is 12.4. The van der Waals surface area contributed by atoms with E-state index in [4.69, 9.17) is 13.9 Å². The minimum absolute atomic E-state index is 0.112. The number of nitrogens with one attached hydrogen (secondary N) is 1. The van der Waals surface area contributed by atoms with E-state index in [2.05, 4.69) is 37.2 Å². The zero-order chi connectivity index (χ0) is 18.8. The minimum Gasteiger partial charge on any atom is -0.495 e. The SMILES string of the molecule is COc1cc(NC(=O)c2cc3cc(Br)ccc3oc2=O)c(OC)cc1Br. The van der Waals surface area contributed by atoms with Gasteiger partial charge < -0.3 is 19.2 Å². The quantitative estimate of drug-likeness (QED) is 0.550. The third-order valence-corrected chi connectivity index (χ3v) is 4.77. The smallest absolute Gasteiger partial charge is 0.349 e. The Hall–Kier alpha value is -2.32. The van der Waals surface area contributed by atoms with Gasteiger partial charge in [0.1, 0.15) is 22.6 Å². The Labute approximate surface area is 165 Å². The Morgan fingerprint density at radius 1 is 1.04 bits per heavy atom. The van der Waals surface area contributed by atoms with Crippen LogP contribution in [0.4, 0.5) is 5.69 Å². The number of rotatable bonds is 4. The van der Waals surface area contributed by atoms with Crippen LogP contribution >= 0.6 is 31.9 Å². The molecule has 0 atom stereocenters. The lowest BCUT2D eigenvalue weighted by Crippen LogP contribution is -2.21. The summed E-state index contributed by atoms with van der Waals surface area (Å²) in [6.07, 6.45) is 0. The average molecular weight is 483 g/mol. The molecule has 0 unspecified atom stereocenters. The van der Waals surface area contributed by atoms with Gasteiger partial charge in [-0.25, -0.2) is 4.79 Å². The number of hydrogen-bond donors (Lipinski definition) is 1. The standard InChI is InChI=1S/C18H13Br2NO5/c1-24-15-8-13(16(25-2)7-12(15)20)21-17(22)11-6-9-5-10(19)3-4-14(9)26-18(11)23/h3-8H,1-2H3,(H,21,22). The van der Waals surface area contributed by atoms with Crippen molar-refractivity contribution in [1.82, 2.24) is 0 Å². The summed E-state index contributed by atoms with van der Waals surface area (Å²) in [5.74, 6) is 0.317. The van der Waals surface area contributed by atoms with Crippen LogP contribution in [0.15, 0.2) is 54.6 Å². The van der Waals surface area contributed by atoms with Crippen molar-refractivity contribution < 1.29 is 18.7 Å². The summed E-state index contributed by atoms with van der Waals surface area (Å²) in [6, 6.07) is 9.92. The van der Waals surface area contributed by atoms with Crippen LogP contribution in [-0.4, -0.2) is 20.1 Å². The molecule has 3 rings (SSSR count). The number of methoxy groups -OCH3 is 2. The molecule has 0 radical (unpaired) electrons. The van der Waals surface area contributed by atoms with Gasteiger partial charge in [-0.3, -0.25) is 4.79 Å². The molecule has 0 saturated carbocycles. The molecule has 0 fully saturated rings. The van der Waals surface area contributed by atoms with E-state index in [-0.39, 0.29) is 5.56 Å². The number of benzene rings is 2. The van der Waals surface area contributed by atoms with Crippen LogP contribution in [0.5, 0.6) is 11.5 Å². The molecule has 0 spiro atoms. The van der Waals surface area contributed by atoms with Crippen LogP contribution < -0.4 is 20.4 Å². The van der Waals surface area contributed by atoms with Gasteiger partial charge in [-0.05, 0) is 40.2 Å². The van der Waals surface area contributed by atoms with Gasteiger partial charge in [0, 0.05) is 22.0 Å². The maximum Gasteiger partial charge on any atom is 0.349 e. The van der Waals surface area contributed by atoms with Gasteiger partial charge in [-0.15, -0.1) is 0 Å². The first kappa shape index (κ1) is 18.5. The highest BCUT2D eigenvalue weighted by Crippen LogP contribution is 2.36. The molecule has 1 amide bonds. The monoisotopic (exact) mass is 481 g/mol. The van der Waals surface area contributed by atoms with Crippen molar-refractivity contribution >= 4 is 54.4 Å². The van der Waals surface area contributed by atoms with E-state index in [0.29, 0.717) is 32.6 Å². The summed E-state index contributed by atoms with van der Waals surface area (Å²) < 4.78 is 17.2. The van der Waals surface area contributed by atoms with Crippen molar-refractivity contribution in [2.75, 3.05) is 19.5 Å². The van der Waals surface area contributed by atoms with Crippen LogP contribution in [0.1, 0.15) is 10.4 Å². The second-order valence-corrected chi connectivity index (χ2v) is 7.04. The molecule has 26 heavy (non-hydrogen) atoms. The lowest BCUT2D eigenvalue weighted by Gasteiger charge is -2.13.